The first-order valence-corrected chi connectivity index (χ1v) is 9.08. The van der Waals surface area contributed by atoms with Crippen LogP contribution in [0.4, 0.5) is 0 Å². The van der Waals surface area contributed by atoms with E-state index < -0.39 is 10.0 Å². The van der Waals surface area contributed by atoms with Crippen molar-refractivity contribution in [3.8, 4) is 0 Å². The van der Waals surface area contributed by atoms with Gasteiger partial charge in [-0.2, -0.15) is 0 Å². The van der Waals surface area contributed by atoms with Gasteiger partial charge in [0.15, 0.2) is 0 Å². The van der Waals surface area contributed by atoms with Gasteiger partial charge in [-0.15, -0.1) is 0 Å². The molecule has 1 fully saturated rings. The summed E-state index contributed by atoms with van der Waals surface area (Å²) in [5.74, 6) is 0.139. The fourth-order valence-corrected chi connectivity index (χ4v) is 3.62. The second kappa shape index (κ2) is 6.72. The van der Waals surface area contributed by atoms with Gasteiger partial charge in [0.25, 0.3) is 0 Å². The summed E-state index contributed by atoms with van der Waals surface area (Å²) in [6, 6.07) is 0. The van der Waals surface area contributed by atoms with Crippen LogP contribution in [0.5, 0.6) is 0 Å². The SMILES string of the molecule is CS(=O)(=O)N1CCC(C(=O)OCC2CC=CCC2)CC1. The molecule has 0 aromatic heterocycles. The Hall–Kier alpha value is -0.880. The zero-order valence-electron chi connectivity index (χ0n) is 12.0. The normalized spacial score (nSPS) is 25.6. The van der Waals surface area contributed by atoms with E-state index in [0.717, 1.165) is 19.3 Å². The lowest BCUT2D eigenvalue weighted by atomic mass is 9.95. The van der Waals surface area contributed by atoms with Gasteiger partial charge >= 0.3 is 5.97 Å². The van der Waals surface area contributed by atoms with Crippen LogP contribution in [-0.4, -0.2) is 44.6 Å². The summed E-state index contributed by atoms with van der Waals surface area (Å²) in [4.78, 5) is 12.0. The van der Waals surface area contributed by atoms with Crippen molar-refractivity contribution in [2.45, 2.75) is 32.1 Å². The fourth-order valence-electron chi connectivity index (χ4n) is 2.75. The predicted molar refractivity (Wildman–Crippen MR) is 76.6 cm³/mol. The minimum absolute atomic E-state index is 0.146. The zero-order chi connectivity index (χ0) is 14.6. The van der Waals surface area contributed by atoms with Gasteiger partial charge in [0.1, 0.15) is 0 Å². The number of allylic oxidation sites excluding steroid dienone is 2. The molecule has 0 aromatic rings. The van der Waals surface area contributed by atoms with Crippen molar-refractivity contribution in [3.63, 3.8) is 0 Å². The third kappa shape index (κ3) is 4.31. The Labute approximate surface area is 121 Å². The average Bonchev–Trinajstić information content (AvgIpc) is 2.45. The van der Waals surface area contributed by atoms with E-state index in [9.17, 15) is 13.2 Å². The summed E-state index contributed by atoms with van der Waals surface area (Å²) >= 11 is 0. The van der Waals surface area contributed by atoms with Crippen molar-refractivity contribution in [2.75, 3.05) is 26.0 Å². The number of carbonyl (C=O) groups excluding carboxylic acids is 1. The predicted octanol–water partition coefficient (Wildman–Crippen LogP) is 1.56. The summed E-state index contributed by atoms with van der Waals surface area (Å²) in [6.07, 6.45) is 9.78. The molecule has 2 aliphatic rings. The molecule has 0 aromatic carbocycles. The van der Waals surface area contributed by atoms with Crippen molar-refractivity contribution in [1.82, 2.24) is 4.31 Å². The molecule has 1 aliphatic carbocycles. The molecular weight excluding hydrogens is 278 g/mol. The third-order valence-corrected chi connectivity index (χ3v) is 5.40. The molecule has 20 heavy (non-hydrogen) atoms. The minimum atomic E-state index is -3.13. The molecule has 0 N–H and O–H groups in total. The number of sulfonamides is 1. The van der Waals surface area contributed by atoms with Crippen LogP contribution in [0.3, 0.4) is 0 Å². The number of piperidine rings is 1. The third-order valence-electron chi connectivity index (χ3n) is 4.10. The molecule has 0 radical (unpaired) electrons. The highest BCUT2D eigenvalue weighted by Gasteiger charge is 2.30. The summed E-state index contributed by atoms with van der Waals surface area (Å²) in [5, 5.41) is 0. The molecule has 2 rings (SSSR count). The van der Waals surface area contributed by atoms with E-state index in [2.05, 4.69) is 12.2 Å². The number of hydrogen-bond donors (Lipinski definition) is 0. The Bertz CT molecular complexity index is 464. The van der Waals surface area contributed by atoms with Crippen LogP contribution in [0, 0.1) is 11.8 Å². The van der Waals surface area contributed by atoms with Gasteiger partial charge in [0, 0.05) is 13.1 Å². The lowest BCUT2D eigenvalue weighted by Gasteiger charge is -2.29. The zero-order valence-corrected chi connectivity index (χ0v) is 12.8. The molecule has 114 valence electrons. The van der Waals surface area contributed by atoms with Crippen molar-refractivity contribution in [3.05, 3.63) is 12.2 Å². The van der Waals surface area contributed by atoms with Crippen molar-refractivity contribution in [2.24, 2.45) is 11.8 Å². The minimum Gasteiger partial charge on any atom is -0.465 e. The first-order chi connectivity index (χ1) is 9.47. The Kier molecular flexibility index (Phi) is 5.21. The Balaban J connectivity index is 1.73. The summed E-state index contributed by atoms with van der Waals surface area (Å²) < 4.78 is 29.6. The molecule has 1 atom stereocenters. The monoisotopic (exact) mass is 301 g/mol. The smallest absolute Gasteiger partial charge is 0.309 e. The van der Waals surface area contributed by atoms with Crippen LogP contribution in [0.15, 0.2) is 12.2 Å². The van der Waals surface area contributed by atoms with Gasteiger partial charge in [-0.1, -0.05) is 12.2 Å². The standard InChI is InChI=1S/C14H23NO4S/c1-20(17,18)15-9-7-13(8-10-15)14(16)19-11-12-5-3-2-4-6-12/h2-3,12-13H,4-11H2,1H3. The molecule has 0 saturated carbocycles. The van der Waals surface area contributed by atoms with Crippen LogP contribution in [-0.2, 0) is 19.6 Å². The van der Waals surface area contributed by atoms with E-state index in [4.69, 9.17) is 4.74 Å². The maximum atomic E-state index is 12.0. The van der Waals surface area contributed by atoms with Crippen LogP contribution in [0.2, 0.25) is 0 Å². The largest absolute Gasteiger partial charge is 0.465 e. The molecule has 0 spiro atoms. The number of carbonyl (C=O) groups is 1. The van der Waals surface area contributed by atoms with Gasteiger partial charge in [-0.05, 0) is 38.0 Å². The van der Waals surface area contributed by atoms with Gasteiger partial charge < -0.3 is 4.74 Å². The van der Waals surface area contributed by atoms with E-state index in [1.54, 1.807) is 0 Å². The molecule has 0 amide bonds. The maximum Gasteiger partial charge on any atom is 0.309 e. The Morgan fingerprint density at radius 2 is 1.95 bits per heavy atom. The summed E-state index contributed by atoms with van der Waals surface area (Å²) in [5.41, 5.74) is 0. The van der Waals surface area contributed by atoms with E-state index in [0.29, 0.717) is 38.5 Å². The van der Waals surface area contributed by atoms with Gasteiger partial charge in [-0.25, -0.2) is 12.7 Å². The number of esters is 1. The van der Waals surface area contributed by atoms with Crippen molar-refractivity contribution >= 4 is 16.0 Å². The number of nitrogens with zero attached hydrogens (tertiary/aromatic N) is 1. The molecule has 1 unspecified atom stereocenters. The summed E-state index contributed by atoms with van der Waals surface area (Å²) in [6.45, 7) is 1.34. The number of rotatable bonds is 4. The van der Waals surface area contributed by atoms with Crippen LogP contribution in [0.25, 0.3) is 0 Å². The van der Waals surface area contributed by atoms with Crippen LogP contribution in [0.1, 0.15) is 32.1 Å². The topological polar surface area (TPSA) is 63.7 Å². The lowest BCUT2D eigenvalue weighted by molar-refractivity contribution is -0.151. The van der Waals surface area contributed by atoms with E-state index in [-0.39, 0.29) is 11.9 Å². The molecule has 1 saturated heterocycles. The highest BCUT2D eigenvalue weighted by Crippen LogP contribution is 2.22. The Morgan fingerprint density at radius 3 is 2.50 bits per heavy atom. The maximum absolute atomic E-state index is 12.0. The second-order valence-corrected chi connectivity index (χ2v) is 7.70. The van der Waals surface area contributed by atoms with Gasteiger partial charge in [0.2, 0.25) is 10.0 Å². The van der Waals surface area contributed by atoms with Crippen LogP contribution >= 0.6 is 0 Å². The molecule has 1 aliphatic heterocycles. The number of ether oxygens (including phenoxy) is 1. The molecule has 0 bridgehead atoms. The Morgan fingerprint density at radius 1 is 1.25 bits per heavy atom. The van der Waals surface area contributed by atoms with E-state index >= 15 is 0 Å². The quantitative estimate of drug-likeness (QED) is 0.584. The lowest BCUT2D eigenvalue weighted by Crippen LogP contribution is -2.40. The fraction of sp³-hybridized carbons (Fsp3) is 0.786. The van der Waals surface area contributed by atoms with Gasteiger partial charge in [0.05, 0.1) is 18.8 Å². The van der Waals surface area contributed by atoms with E-state index in [1.165, 1.54) is 10.6 Å². The van der Waals surface area contributed by atoms with Crippen molar-refractivity contribution in [1.29, 1.82) is 0 Å². The average molecular weight is 301 g/mol. The first-order valence-electron chi connectivity index (χ1n) is 7.23. The molecule has 5 nitrogen and oxygen atoms in total. The molecular formula is C14H23NO4S. The molecule has 1 heterocycles. The van der Waals surface area contributed by atoms with Gasteiger partial charge in [-0.3, -0.25) is 4.79 Å². The summed E-state index contributed by atoms with van der Waals surface area (Å²) in [7, 11) is -3.13. The van der Waals surface area contributed by atoms with Crippen molar-refractivity contribution < 1.29 is 17.9 Å². The van der Waals surface area contributed by atoms with E-state index in [1.807, 2.05) is 0 Å². The second-order valence-electron chi connectivity index (χ2n) is 5.72. The first kappa shape index (κ1) is 15.5. The van der Waals surface area contributed by atoms with Crippen LogP contribution < -0.4 is 0 Å². The highest BCUT2D eigenvalue weighted by molar-refractivity contribution is 7.88. The highest BCUT2D eigenvalue weighted by atomic mass is 32.2. The number of hydrogen-bond acceptors (Lipinski definition) is 4. The molecule has 6 heteroatoms.